The van der Waals surface area contributed by atoms with Crippen molar-refractivity contribution in [3.8, 4) is 0 Å². The molecule has 0 saturated carbocycles. The van der Waals surface area contributed by atoms with Crippen LogP contribution in [-0.2, 0) is 14.3 Å². The number of para-hydroxylation sites is 1. The molecular formula is C24H26N2O5. The number of H-pyrrole nitrogens is 1. The number of Topliss-reactive ketones (excluding diaryl/α,β-unsaturated/α-hetero) is 1. The first-order valence-corrected chi connectivity index (χ1v) is 10.4. The molecule has 2 N–H and O–H groups in total. The number of aryl methyl sites for hydroxylation is 1. The highest BCUT2D eigenvalue weighted by Crippen LogP contribution is 2.41. The molecule has 1 saturated heterocycles. The second-order valence-electron chi connectivity index (χ2n) is 7.96. The number of carbonyl (C=O) groups excluding carboxylic acids is 2. The smallest absolute Gasteiger partial charge is 0.295 e. The quantitative estimate of drug-likeness (QED) is 0.256. The third kappa shape index (κ3) is 3.88. The van der Waals surface area contributed by atoms with Crippen LogP contribution in [0, 0.1) is 6.92 Å². The summed E-state index contributed by atoms with van der Waals surface area (Å²) in [6.45, 7) is 6.46. The van der Waals surface area contributed by atoms with Gasteiger partial charge in [0.25, 0.3) is 11.7 Å². The molecule has 1 aliphatic heterocycles. The van der Waals surface area contributed by atoms with Crippen LogP contribution in [0.4, 0.5) is 0 Å². The molecule has 0 radical (unpaired) electrons. The average Bonchev–Trinajstić information content (AvgIpc) is 3.42. The van der Waals surface area contributed by atoms with Crippen LogP contribution in [0.15, 0.2) is 52.6 Å². The lowest BCUT2D eigenvalue weighted by Gasteiger charge is -2.23. The van der Waals surface area contributed by atoms with E-state index in [9.17, 15) is 14.7 Å². The minimum atomic E-state index is -0.790. The Balaban J connectivity index is 1.77. The highest BCUT2D eigenvalue weighted by molar-refractivity contribution is 6.46. The SMILES string of the molecule is Cc1ccc(C2/C(=C(/O)c3c[nH]c4ccccc34)C(=O)C(=O)N2CCCOC(C)C)o1. The fourth-order valence-electron chi connectivity index (χ4n) is 3.97. The van der Waals surface area contributed by atoms with E-state index in [2.05, 4.69) is 4.98 Å². The number of aliphatic hydroxyl groups excluding tert-OH is 1. The summed E-state index contributed by atoms with van der Waals surface area (Å²) in [6.07, 6.45) is 2.30. The number of nitrogens with zero attached hydrogens (tertiary/aromatic N) is 1. The van der Waals surface area contributed by atoms with Crippen LogP contribution in [0.5, 0.6) is 0 Å². The number of rotatable bonds is 7. The standard InChI is InChI=1S/C24H26N2O5/c1-14(2)30-12-6-11-26-21(19-10-9-15(3)31-19)20(23(28)24(26)29)22(27)17-13-25-18-8-5-4-7-16(17)18/h4-5,7-10,13-14,21,25,27H,6,11-12H2,1-3H3/b22-20-. The Morgan fingerprint density at radius 1 is 1.23 bits per heavy atom. The number of amides is 1. The van der Waals surface area contributed by atoms with Gasteiger partial charge in [0.05, 0.1) is 11.7 Å². The van der Waals surface area contributed by atoms with Crippen molar-refractivity contribution in [1.82, 2.24) is 9.88 Å². The molecule has 31 heavy (non-hydrogen) atoms. The second-order valence-corrected chi connectivity index (χ2v) is 7.96. The van der Waals surface area contributed by atoms with Crippen LogP contribution in [0.25, 0.3) is 16.7 Å². The van der Waals surface area contributed by atoms with Gasteiger partial charge >= 0.3 is 0 Å². The maximum absolute atomic E-state index is 13.0. The first kappa shape index (κ1) is 20.9. The third-order valence-electron chi connectivity index (χ3n) is 5.41. The molecule has 1 amide bonds. The molecule has 1 atom stereocenters. The molecular weight excluding hydrogens is 396 g/mol. The zero-order valence-electron chi connectivity index (χ0n) is 17.8. The summed E-state index contributed by atoms with van der Waals surface area (Å²) in [5, 5.41) is 12.0. The van der Waals surface area contributed by atoms with Crippen molar-refractivity contribution in [2.75, 3.05) is 13.2 Å². The van der Waals surface area contributed by atoms with Crippen molar-refractivity contribution in [2.45, 2.75) is 39.3 Å². The summed E-state index contributed by atoms with van der Waals surface area (Å²) in [4.78, 5) is 30.5. The van der Waals surface area contributed by atoms with E-state index in [1.54, 1.807) is 25.3 Å². The van der Waals surface area contributed by atoms with E-state index in [0.717, 1.165) is 10.9 Å². The Hall–Kier alpha value is -3.32. The number of fused-ring (bicyclic) bond motifs is 1. The molecule has 4 rings (SSSR count). The minimum Gasteiger partial charge on any atom is -0.507 e. The first-order valence-electron chi connectivity index (χ1n) is 10.4. The Labute approximate surface area is 180 Å². The minimum absolute atomic E-state index is 0.0360. The topological polar surface area (TPSA) is 95.8 Å². The number of hydrogen-bond donors (Lipinski definition) is 2. The molecule has 7 heteroatoms. The molecule has 3 aromatic rings. The third-order valence-corrected chi connectivity index (χ3v) is 5.41. The van der Waals surface area contributed by atoms with Crippen molar-refractivity contribution >= 4 is 28.4 Å². The number of aromatic nitrogens is 1. The Bertz CT molecular complexity index is 1150. The molecule has 2 aromatic heterocycles. The van der Waals surface area contributed by atoms with Gasteiger partial charge in [-0.1, -0.05) is 18.2 Å². The molecule has 1 aliphatic rings. The second kappa shape index (κ2) is 8.43. The van der Waals surface area contributed by atoms with Gasteiger partial charge in [0.2, 0.25) is 0 Å². The van der Waals surface area contributed by atoms with Crippen LogP contribution in [-0.4, -0.2) is 45.9 Å². The van der Waals surface area contributed by atoms with Crippen molar-refractivity contribution in [3.63, 3.8) is 0 Å². The number of likely N-dealkylation sites (tertiary alicyclic amines) is 1. The van der Waals surface area contributed by atoms with E-state index >= 15 is 0 Å². The first-order chi connectivity index (χ1) is 14.9. The van der Waals surface area contributed by atoms with Crippen LogP contribution >= 0.6 is 0 Å². The number of aliphatic hydroxyl groups is 1. The number of benzene rings is 1. The van der Waals surface area contributed by atoms with Crippen molar-refractivity contribution in [1.29, 1.82) is 0 Å². The van der Waals surface area contributed by atoms with Crippen LogP contribution < -0.4 is 0 Å². The van der Waals surface area contributed by atoms with E-state index in [0.29, 0.717) is 36.7 Å². The molecule has 1 unspecified atom stereocenters. The van der Waals surface area contributed by atoms with Gasteiger partial charge < -0.3 is 24.1 Å². The molecule has 0 spiro atoms. The van der Waals surface area contributed by atoms with Gasteiger partial charge in [-0.15, -0.1) is 0 Å². The maximum atomic E-state index is 13.0. The zero-order valence-corrected chi connectivity index (χ0v) is 17.8. The fraction of sp³-hybridized carbons (Fsp3) is 0.333. The average molecular weight is 422 g/mol. The largest absolute Gasteiger partial charge is 0.507 e. The maximum Gasteiger partial charge on any atom is 0.295 e. The summed E-state index contributed by atoms with van der Waals surface area (Å²) in [5.74, 6) is -0.467. The van der Waals surface area contributed by atoms with Crippen molar-refractivity contribution < 1.29 is 23.8 Å². The van der Waals surface area contributed by atoms with E-state index in [1.165, 1.54) is 4.90 Å². The van der Waals surface area contributed by atoms with Gasteiger partial charge in [0.1, 0.15) is 23.3 Å². The normalized spacial score (nSPS) is 18.6. The van der Waals surface area contributed by atoms with Crippen LogP contribution in [0.2, 0.25) is 0 Å². The number of furan rings is 1. The molecule has 0 bridgehead atoms. The number of hydrogen-bond acceptors (Lipinski definition) is 5. The molecule has 7 nitrogen and oxygen atoms in total. The monoisotopic (exact) mass is 422 g/mol. The highest BCUT2D eigenvalue weighted by Gasteiger charge is 2.47. The summed E-state index contributed by atoms with van der Waals surface area (Å²) in [6, 6.07) is 10.2. The summed E-state index contributed by atoms with van der Waals surface area (Å²) < 4.78 is 11.4. The number of carbonyl (C=O) groups is 2. The lowest BCUT2D eigenvalue weighted by Crippen LogP contribution is -2.31. The molecule has 1 fully saturated rings. The van der Waals surface area contributed by atoms with Crippen molar-refractivity contribution in [3.05, 3.63) is 65.3 Å². The Kier molecular flexibility index (Phi) is 5.69. The lowest BCUT2D eigenvalue weighted by atomic mass is 9.99. The Morgan fingerprint density at radius 3 is 2.71 bits per heavy atom. The van der Waals surface area contributed by atoms with E-state index < -0.39 is 17.7 Å². The van der Waals surface area contributed by atoms with Crippen LogP contribution in [0.1, 0.15) is 43.4 Å². The zero-order chi connectivity index (χ0) is 22.1. The van der Waals surface area contributed by atoms with Gasteiger partial charge in [-0.3, -0.25) is 9.59 Å². The molecule has 3 heterocycles. The summed E-state index contributed by atoms with van der Waals surface area (Å²) >= 11 is 0. The number of aromatic amines is 1. The highest BCUT2D eigenvalue weighted by atomic mass is 16.5. The van der Waals surface area contributed by atoms with Gasteiger partial charge in [0.15, 0.2) is 0 Å². The van der Waals surface area contributed by atoms with E-state index in [-0.39, 0.29) is 17.4 Å². The van der Waals surface area contributed by atoms with E-state index in [4.69, 9.17) is 9.15 Å². The molecule has 162 valence electrons. The summed E-state index contributed by atoms with van der Waals surface area (Å²) in [7, 11) is 0. The number of ketones is 1. The van der Waals surface area contributed by atoms with Gasteiger partial charge in [0, 0.05) is 35.8 Å². The van der Waals surface area contributed by atoms with Gasteiger partial charge in [-0.25, -0.2) is 0 Å². The predicted molar refractivity (Wildman–Crippen MR) is 116 cm³/mol. The Morgan fingerprint density at radius 2 is 2.00 bits per heavy atom. The number of nitrogens with one attached hydrogen (secondary N) is 1. The molecule has 1 aromatic carbocycles. The van der Waals surface area contributed by atoms with E-state index in [1.807, 2.05) is 38.1 Å². The van der Waals surface area contributed by atoms with Gasteiger partial charge in [-0.05, 0) is 45.4 Å². The molecule has 0 aliphatic carbocycles. The van der Waals surface area contributed by atoms with Gasteiger partial charge in [-0.2, -0.15) is 0 Å². The summed E-state index contributed by atoms with van der Waals surface area (Å²) in [5.41, 5.74) is 1.34. The van der Waals surface area contributed by atoms with Crippen molar-refractivity contribution in [2.24, 2.45) is 0 Å². The van der Waals surface area contributed by atoms with Crippen LogP contribution in [0.3, 0.4) is 0 Å². The number of ether oxygens (including phenoxy) is 1. The fourth-order valence-corrected chi connectivity index (χ4v) is 3.97. The predicted octanol–water partition coefficient (Wildman–Crippen LogP) is 4.31. The lowest BCUT2D eigenvalue weighted by molar-refractivity contribution is -0.140.